The molecular formula is C16H24O2. The average Bonchev–Trinajstić information content (AvgIpc) is 2.34. The molecule has 1 saturated heterocycles. The normalized spacial score (nSPS) is 22.0. The zero-order chi connectivity index (χ0) is 12.8. The molecule has 0 saturated carbocycles. The fourth-order valence-electron chi connectivity index (χ4n) is 2.53. The molecule has 18 heavy (non-hydrogen) atoms. The van der Waals surface area contributed by atoms with Crippen molar-refractivity contribution in [2.24, 2.45) is 5.41 Å². The lowest BCUT2D eigenvalue weighted by molar-refractivity contribution is -0.126. The van der Waals surface area contributed by atoms with E-state index in [-0.39, 0.29) is 0 Å². The molecule has 0 aliphatic carbocycles. The van der Waals surface area contributed by atoms with Crippen molar-refractivity contribution in [2.45, 2.75) is 45.6 Å². The first-order chi connectivity index (χ1) is 8.74. The number of ether oxygens (including phenoxy) is 2. The number of hydrogen-bond acceptors (Lipinski definition) is 2. The minimum Gasteiger partial charge on any atom is -0.494 e. The lowest BCUT2D eigenvalue weighted by atomic mass is 9.75. The summed E-state index contributed by atoms with van der Waals surface area (Å²) in [4.78, 5) is 0. The van der Waals surface area contributed by atoms with E-state index in [1.807, 2.05) is 30.3 Å². The van der Waals surface area contributed by atoms with Crippen LogP contribution in [0.3, 0.4) is 0 Å². The molecule has 1 aromatic rings. The summed E-state index contributed by atoms with van der Waals surface area (Å²) < 4.78 is 11.4. The van der Waals surface area contributed by atoms with E-state index < -0.39 is 0 Å². The molecule has 100 valence electrons. The number of rotatable bonds is 7. The fraction of sp³-hybridized carbons (Fsp3) is 0.625. The van der Waals surface area contributed by atoms with E-state index in [0.717, 1.165) is 25.4 Å². The third kappa shape index (κ3) is 3.26. The standard InChI is InChI=1S/C16H24O2/c1-3-16(2,15-10-13-18-15)11-7-12-17-14-8-5-4-6-9-14/h4-6,8-9,15H,3,7,10-13H2,1-2H3. The second-order valence-electron chi connectivity index (χ2n) is 5.42. The minimum atomic E-state index is 0.332. The van der Waals surface area contributed by atoms with Gasteiger partial charge in [0.05, 0.1) is 12.7 Å². The van der Waals surface area contributed by atoms with Gasteiger partial charge in [-0.1, -0.05) is 32.0 Å². The predicted octanol–water partition coefficient (Wildman–Crippen LogP) is 4.05. The van der Waals surface area contributed by atoms with Gasteiger partial charge in [0, 0.05) is 6.61 Å². The molecule has 1 aliphatic rings. The van der Waals surface area contributed by atoms with Crippen molar-refractivity contribution >= 4 is 0 Å². The molecule has 0 spiro atoms. The Bertz CT molecular complexity index is 345. The van der Waals surface area contributed by atoms with Crippen LogP contribution in [0.15, 0.2) is 30.3 Å². The van der Waals surface area contributed by atoms with Crippen LogP contribution in [0, 0.1) is 5.41 Å². The minimum absolute atomic E-state index is 0.332. The van der Waals surface area contributed by atoms with Crippen molar-refractivity contribution in [3.05, 3.63) is 30.3 Å². The van der Waals surface area contributed by atoms with Gasteiger partial charge < -0.3 is 9.47 Å². The molecule has 1 aromatic carbocycles. The second-order valence-corrected chi connectivity index (χ2v) is 5.42. The summed E-state index contributed by atoms with van der Waals surface area (Å²) in [7, 11) is 0. The predicted molar refractivity (Wildman–Crippen MR) is 73.9 cm³/mol. The fourth-order valence-corrected chi connectivity index (χ4v) is 2.53. The third-order valence-corrected chi connectivity index (χ3v) is 4.19. The van der Waals surface area contributed by atoms with Crippen molar-refractivity contribution < 1.29 is 9.47 Å². The van der Waals surface area contributed by atoms with Crippen LogP contribution in [0.4, 0.5) is 0 Å². The van der Waals surface area contributed by atoms with E-state index >= 15 is 0 Å². The third-order valence-electron chi connectivity index (χ3n) is 4.19. The van der Waals surface area contributed by atoms with Crippen LogP contribution in [0.2, 0.25) is 0 Å². The molecule has 2 heteroatoms. The van der Waals surface area contributed by atoms with Gasteiger partial charge >= 0.3 is 0 Å². The van der Waals surface area contributed by atoms with Crippen molar-refractivity contribution in [1.29, 1.82) is 0 Å². The van der Waals surface area contributed by atoms with Crippen LogP contribution < -0.4 is 4.74 Å². The molecule has 1 aliphatic heterocycles. The van der Waals surface area contributed by atoms with E-state index in [2.05, 4.69) is 13.8 Å². The summed E-state index contributed by atoms with van der Waals surface area (Å²) in [5, 5.41) is 0. The van der Waals surface area contributed by atoms with Gasteiger partial charge in [0.15, 0.2) is 0 Å². The van der Waals surface area contributed by atoms with Crippen LogP contribution in [0.25, 0.3) is 0 Å². The maximum absolute atomic E-state index is 5.74. The molecule has 0 bridgehead atoms. The van der Waals surface area contributed by atoms with Gasteiger partial charge in [-0.15, -0.1) is 0 Å². The average molecular weight is 248 g/mol. The largest absolute Gasteiger partial charge is 0.494 e. The topological polar surface area (TPSA) is 18.5 Å². The van der Waals surface area contributed by atoms with Crippen LogP contribution in [0.5, 0.6) is 5.75 Å². The van der Waals surface area contributed by atoms with Gasteiger partial charge in [0.1, 0.15) is 5.75 Å². The second kappa shape index (κ2) is 6.24. The van der Waals surface area contributed by atoms with Crippen molar-refractivity contribution in [3.63, 3.8) is 0 Å². The van der Waals surface area contributed by atoms with Crippen LogP contribution >= 0.6 is 0 Å². The highest BCUT2D eigenvalue weighted by molar-refractivity contribution is 5.20. The molecule has 0 N–H and O–H groups in total. The molecule has 2 rings (SSSR count). The lowest BCUT2D eigenvalue weighted by Gasteiger charge is -2.42. The number of para-hydroxylation sites is 1. The van der Waals surface area contributed by atoms with E-state index in [9.17, 15) is 0 Å². The van der Waals surface area contributed by atoms with Crippen LogP contribution in [-0.4, -0.2) is 19.3 Å². The van der Waals surface area contributed by atoms with E-state index in [4.69, 9.17) is 9.47 Å². The Morgan fingerprint density at radius 2 is 2.06 bits per heavy atom. The zero-order valence-electron chi connectivity index (χ0n) is 11.5. The zero-order valence-corrected chi connectivity index (χ0v) is 11.5. The van der Waals surface area contributed by atoms with Crippen molar-refractivity contribution in [3.8, 4) is 5.75 Å². The molecule has 0 radical (unpaired) electrons. The highest BCUT2D eigenvalue weighted by Gasteiger charge is 2.37. The van der Waals surface area contributed by atoms with Crippen molar-refractivity contribution in [1.82, 2.24) is 0 Å². The Labute approximate surface area is 110 Å². The van der Waals surface area contributed by atoms with E-state index in [1.54, 1.807) is 0 Å². The first kappa shape index (κ1) is 13.4. The van der Waals surface area contributed by atoms with Gasteiger partial charge in [0.2, 0.25) is 0 Å². The molecular weight excluding hydrogens is 224 g/mol. The van der Waals surface area contributed by atoms with Gasteiger partial charge in [-0.3, -0.25) is 0 Å². The smallest absolute Gasteiger partial charge is 0.119 e. The highest BCUT2D eigenvalue weighted by atomic mass is 16.5. The highest BCUT2D eigenvalue weighted by Crippen LogP contribution is 2.38. The van der Waals surface area contributed by atoms with Crippen LogP contribution in [0.1, 0.15) is 39.5 Å². The molecule has 0 aromatic heterocycles. The first-order valence-electron chi connectivity index (χ1n) is 7.04. The molecule has 1 fully saturated rings. The van der Waals surface area contributed by atoms with E-state index in [0.29, 0.717) is 11.5 Å². The SMILES string of the molecule is CCC(C)(CCCOc1ccccc1)C1CCO1. The van der Waals surface area contributed by atoms with Gasteiger partial charge in [-0.25, -0.2) is 0 Å². The Balaban J connectivity index is 1.70. The Hall–Kier alpha value is -1.02. The number of benzene rings is 1. The molecule has 1 heterocycles. The summed E-state index contributed by atoms with van der Waals surface area (Å²) in [5.41, 5.74) is 0.332. The summed E-state index contributed by atoms with van der Waals surface area (Å²) in [6, 6.07) is 10.0. The Morgan fingerprint density at radius 1 is 1.33 bits per heavy atom. The van der Waals surface area contributed by atoms with Gasteiger partial charge in [0.25, 0.3) is 0 Å². The lowest BCUT2D eigenvalue weighted by Crippen LogP contribution is -2.42. The quantitative estimate of drug-likeness (QED) is 0.678. The maximum atomic E-state index is 5.74. The number of hydrogen-bond donors (Lipinski definition) is 0. The maximum Gasteiger partial charge on any atom is 0.119 e. The van der Waals surface area contributed by atoms with Crippen LogP contribution in [-0.2, 0) is 4.74 Å². The molecule has 2 nitrogen and oxygen atoms in total. The summed E-state index contributed by atoms with van der Waals surface area (Å²) in [6.07, 6.45) is 5.16. The van der Waals surface area contributed by atoms with Crippen molar-refractivity contribution in [2.75, 3.05) is 13.2 Å². The first-order valence-corrected chi connectivity index (χ1v) is 7.04. The van der Waals surface area contributed by atoms with Gasteiger partial charge in [-0.2, -0.15) is 0 Å². The summed E-state index contributed by atoms with van der Waals surface area (Å²) in [6.45, 7) is 6.35. The monoisotopic (exact) mass is 248 g/mol. The molecule has 0 amide bonds. The Morgan fingerprint density at radius 3 is 2.61 bits per heavy atom. The van der Waals surface area contributed by atoms with Gasteiger partial charge in [-0.05, 0) is 43.2 Å². The van der Waals surface area contributed by atoms with E-state index in [1.165, 1.54) is 19.3 Å². The Kier molecular flexibility index (Phi) is 4.65. The molecule has 2 unspecified atom stereocenters. The summed E-state index contributed by atoms with van der Waals surface area (Å²) in [5.74, 6) is 0.968. The molecule has 2 atom stereocenters. The summed E-state index contributed by atoms with van der Waals surface area (Å²) >= 11 is 0.